The van der Waals surface area contributed by atoms with Gasteiger partial charge >= 0.3 is 5.97 Å². The van der Waals surface area contributed by atoms with Gasteiger partial charge in [0.2, 0.25) is 5.91 Å². The van der Waals surface area contributed by atoms with Crippen LogP contribution in [0.5, 0.6) is 5.75 Å². The van der Waals surface area contributed by atoms with Gasteiger partial charge in [0.15, 0.2) is 6.61 Å². The number of carboxylic acid groups (broad SMARTS) is 1. The van der Waals surface area contributed by atoms with Crippen molar-refractivity contribution in [2.75, 3.05) is 6.61 Å². The molecule has 1 atom stereocenters. The molecule has 0 aliphatic heterocycles. The van der Waals surface area contributed by atoms with Crippen molar-refractivity contribution in [3.05, 3.63) is 65.2 Å². The number of benzene rings is 2. The summed E-state index contributed by atoms with van der Waals surface area (Å²) in [6, 6.07) is 14.8. The first kappa shape index (κ1) is 19.5. The number of amides is 1. The lowest BCUT2D eigenvalue weighted by atomic mass is 9.81. The molecule has 1 unspecified atom stereocenters. The summed E-state index contributed by atoms with van der Waals surface area (Å²) in [5, 5.41) is 11.7. The van der Waals surface area contributed by atoms with E-state index in [9.17, 15) is 9.59 Å². The van der Waals surface area contributed by atoms with Crippen LogP contribution in [0.4, 0.5) is 0 Å². The molecule has 26 heavy (non-hydrogen) atoms. The van der Waals surface area contributed by atoms with E-state index < -0.39 is 11.4 Å². The van der Waals surface area contributed by atoms with E-state index in [0.717, 1.165) is 16.7 Å². The lowest BCUT2D eigenvalue weighted by molar-refractivity contribution is -0.139. The lowest BCUT2D eigenvalue weighted by Crippen LogP contribution is -2.41. The number of hydrogen-bond acceptors (Lipinski definition) is 3. The van der Waals surface area contributed by atoms with Crippen LogP contribution in [-0.4, -0.2) is 23.6 Å². The summed E-state index contributed by atoms with van der Waals surface area (Å²) in [6.45, 7) is 7.37. The first-order chi connectivity index (χ1) is 12.2. The van der Waals surface area contributed by atoms with E-state index in [4.69, 9.17) is 9.84 Å². The average molecular weight is 355 g/mol. The zero-order valence-electron chi connectivity index (χ0n) is 15.6. The van der Waals surface area contributed by atoms with Crippen molar-refractivity contribution in [3.63, 3.8) is 0 Å². The summed E-state index contributed by atoms with van der Waals surface area (Å²) in [6.07, 6.45) is 0. The van der Waals surface area contributed by atoms with Gasteiger partial charge in [-0.05, 0) is 56.5 Å². The Labute approximate surface area is 154 Å². The van der Waals surface area contributed by atoms with Crippen molar-refractivity contribution in [2.45, 2.75) is 39.2 Å². The van der Waals surface area contributed by atoms with Crippen LogP contribution in [0.3, 0.4) is 0 Å². The monoisotopic (exact) mass is 355 g/mol. The number of aryl methyl sites for hydroxylation is 1. The van der Waals surface area contributed by atoms with Gasteiger partial charge in [-0.15, -0.1) is 0 Å². The van der Waals surface area contributed by atoms with Crippen molar-refractivity contribution in [3.8, 4) is 5.75 Å². The minimum Gasteiger partial charge on any atom is -0.482 e. The van der Waals surface area contributed by atoms with E-state index in [2.05, 4.69) is 5.32 Å². The molecule has 5 heteroatoms. The maximum absolute atomic E-state index is 12.8. The standard InChI is InChI=1S/C21H25NO4/c1-14-7-5-6-8-18(14)21(3,4)20(25)22-15(2)16-9-11-17(12-10-16)26-13-19(23)24/h5-12,15H,13H2,1-4H3,(H,22,25)(H,23,24). The number of ether oxygens (including phenoxy) is 1. The van der Waals surface area contributed by atoms with Crippen LogP contribution in [-0.2, 0) is 15.0 Å². The third-order valence-electron chi connectivity index (χ3n) is 4.48. The number of rotatable bonds is 7. The molecule has 0 saturated carbocycles. The SMILES string of the molecule is Cc1ccccc1C(C)(C)C(=O)NC(C)c1ccc(OCC(=O)O)cc1. The molecule has 0 aliphatic carbocycles. The highest BCUT2D eigenvalue weighted by molar-refractivity contribution is 5.88. The maximum atomic E-state index is 12.8. The molecular formula is C21H25NO4. The minimum atomic E-state index is -1.02. The maximum Gasteiger partial charge on any atom is 0.341 e. The second-order valence-electron chi connectivity index (χ2n) is 6.89. The van der Waals surface area contributed by atoms with Gasteiger partial charge in [0.05, 0.1) is 11.5 Å². The van der Waals surface area contributed by atoms with Crippen molar-refractivity contribution >= 4 is 11.9 Å². The summed E-state index contributed by atoms with van der Waals surface area (Å²) in [5.41, 5.74) is 2.36. The van der Waals surface area contributed by atoms with Crippen molar-refractivity contribution in [1.29, 1.82) is 0 Å². The summed E-state index contributed by atoms with van der Waals surface area (Å²) >= 11 is 0. The van der Waals surface area contributed by atoms with Crippen molar-refractivity contribution in [1.82, 2.24) is 5.32 Å². The summed E-state index contributed by atoms with van der Waals surface area (Å²) < 4.78 is 5.12. The third kappa shape index (κ3) is 4.63. The molecule has 2 rings (SSSR count). The molecule has 138 valence electrons. The highest BCUT2D eigenvalue weighted by Crippen LogP contribution is 2.27. The predicted octanol–water partition coefficient (Wildman–Crippen LogP) is 3.61. The van der Waals surface area contributed by atoms with Crippen LogP contribution >= 0.6 is 0 Å². The van der Waals surface area contributed by atoms with Gasteiger partial charge in [-0.3, -0.25) is 4.79 Å². The Bertz CT molecular complexity index is 781. The summed E-state index contributed by atoms with van der Waals surface area (Å²) in [4.78, 5) is 23.4. The second-order valence-corrected chi connectivity index (χ2v) is 6.89. The highest BCUT2D eigenvalue weighted by atomic mass is 16.5. The van der Waals surface area contributed by atoms with Crippen LogP contribution < -0.4 is 10.1 Å². The van der Waals surface area contributed by atoms with E-state index in [0.29, 0.717) is 5.75 Å². The topological polar surface area (TPSA) is 75.6 Å². The van der Waals surface area contributed by atoms with E-state index in [-0.39, 0.29) is 18.6 Å². The molecule has 0 fully saturated rings. The Kier molecular flexibility index (Phi) is 6.03. The van der Waals surface area contributed by atoms with E-state index in [1.807, 2.05) is 64.1 Å². The largest absolute Gasteiger partial charge is 0.482 e. The Hall–Kier alpha value is -2.82. The highest BCUT2D eigenvalue weighted by Gasteiger charge is 2.31. The zero-order valence-corrected chi connectivity index (χ0v) is 15.6. The molecule has 0 spiro atoms. The summed E-state index contributed by atoms with van der Waals surface area (Å²) in [5.74, 6) is -0.589. The molecular weight excluding hydrogens is 330 g/mol. The van der Waals surface area contributed by atoms with Gasteiger partial charge in [0.1, 0.15) is 5.75 Å². The molecule has 5 nitrogen and oxygen atoms in total. The minimum absolute atomic E-state index is 0.0505. The molecule has 1 amide bonds. The Morgan fingerprint density at radius 1 is 1.12 bits per heavy atom. The Morgan fingerprint density at radius 2 is 1.73 bits per heavy atom. The van der Waals surface area contributed by atoms with Gasteiger partial charge in [-0.25, -0.2) is 4.79 Å². The molecule has 2 aromatic carbocycles. The normalized spacial score (nSPS) is 12.3. The lowest BCUT2D eigenvalue weighted by Gasteiger charge is -2.28. The second kappa shape index (κ2) is 8.04. The average Bonchev–Trinajstić information content (AvgIpc) is 2.60. The Morgan fingerprint density at radius 3 is 2.31 bits per heavy atom. The molecule has 0 aromatic heterocycles. The van der Waals surface area contributed by atoms with Gasteiger partial charge in [0.25, 0.3) is 0 Å². The van der Waals surface area contributed by atoms with Gasteiger partial charge in [-0.1, -0.05) is 36.4 Å². The fourth-order valence-corrected chi connectivity index (χ4v) is 2.85. The molecule has 2 aromatic rings. The van der Waals surface area contributed by atoms with Crippen molar-refractivity contribution in [2.24, 2.45) is 0 Å². The first-order valence-electron chi connectivity index (χ1n) is 8.53. The molecule has 0 saturated heterocycles. The summed E-state index contributed by atoms with van der Waals surface area (Å²) in [7, 11) is 0. The smallest absolute Gasteiger partial charge is 0.341 e. The van der Waals surface area contributed by atoms with E-state index >= 15 is 0 Å². The molecule has 2 N–H and O–H groups in total. The van der Waals surface area contributed by atoms with Gasteiger partial charge < -0.3 is 15.2 Å². The van der Waals surface area contributed by atoms with Crippen LogP contribution in [0.1, 0.15) is 43.5 Å². The molecule has 0 aliphatic rings. The Balaban J connectivity index is 2.06. The number of aliphatic carboxylic acids is 1. The predicted molar refractivity (Wildman–Crippen MR) is 100 cm³/mol. The number of carbonyl (C=O) groups excluding carboxylic acids is 1. The van der Waals surface area contributed by atoms with Crippen LogP contribution in [0.15, 0.2) is 48.5 Å². The fourth-order valence-electron chi connectivity index (χ4n) is 2.85. The van der Waals surface area contributed by atoms with E-state index in [1.165, 1.54) is 0 Å². The molecule has 0 radical (unpaired) electrons. The fraction of sp³-hybridized carbons (Fsp3) is 0.333. The number of nitrogens with one attached hydrogen (secondary N) is 1. The van der Waals surface area contributed by atoms with Gasteiger partial charge in [0, 0.05) is 0 Å². The molecule has 0 bridgehead atoms. The van der Waals surface area contributed by atoms with Crippen LogP contribution in [0, 0.1) is 6.92 Å². The van der Waals surface area contributed by atoms with Crippen LogP contribution in [0.2, 0.25) is 0 Å². The third-order valence-corrected chi connectivity index (χ3v) is 4.48. The first-order valence-corrected chi connectivity index (χ1v) is 8.53. The van der Waals surface area contributed by atoms with Gasteiger partial charge in [-0.2, -0.15) is 0 Å². The number of carbonyl (C=O) groups is 2. The quantitative estimate of drug-likeness (QED) is 0.795. The number of hydrogen-bond donors (Lipinski definition) is 2. The molecule has 0 heterocycles. The van der Waals surface area contributed by atoms with Crippen LogP contribution in [0.25, 0.3) is 0 Å². The van der Waals surface area contributed by atoms with Crippen molar-refractivity contribution < 1.29 is 19.4 Å². The zero-order chi connectivity index (χ0) is 19.3. The number of carboxylic acids is 1. The van der Waals surface area contributed by atoms with E-state index in [1.54, 1.807) is 12.1 Å².